The molecule has 1 aliphatic rings. The molecule has 0 aliphatic carbocycles. The second kappa shape index (κ2) is 5.91. The Morgan fingerprint density at radius 3 is 2.36 bits per heavy atom. The molecule has 0 atom stereocenters. The molecule has 4 nitrogen and oxygen atoms in total. The number of phenols is 1. The van der Waals surface area contributed by atoms with E-state index in [1.165, 1.54) is 10.4 Å². The van der Waals surface area contributed by atoms with E-state index in [2.05, 4.69) is 0 Å². The number of hydrogen-bond donors (Lipinski definition) is 1. The van der Waals surface area contributed by atoms with E-state index < -0.39 is 10.0 Å². The van der Waals surface area contributed by atoms with Crippen molar-refractivity contribution in [1.82, 2.24) is 4.31 Å². The van der Waals surface area contributed by atoms with Crippen molar-refractivity contribution < 1.29 is 13.5 Å². The van der Waals surface area contributed by atoms with Crippen LogP contribution in [0.1, 0.15) is 12.8 Å². The molecule has 6 heteroatoms. The van der Waals surface area contributed by atoms with Crippen LogP contribution in [0.5, 0.6) is 5.75 Å². The van der Waals surface area contributed by atoms with Crippen LogP contribution in [0.15, 0.2) is 47.4 Å². The molecule has 0 spiro atoms. The quantitative estimate of drug-likeness (QED) is 0.932. The number of nitrogens with zero attached hydrogens (tertiary/aromatic N) is 1. The maximum absolute atomic E-state index is 12.6. The van der Waals surface area contributed by atoms with E-state index in [1.54, 1.807) is 30.3 Å². The first-order chi connectivity index (χ1) is 10.5. The Morgan fingerprint density at radius 2 is 1.68 bits per heavy atom. The second-order valence-electron chi connectivity index (χ2n) is 5.31. The van der Waals surface area contributed by atoms with Gasteiger partial charge in [-0.05, 0) is 48.2 Å². The summed E-state index contributed by atoms with van der Waals surface area (Å²) in [7, 11) is -3.44. The van der Waals surface area contributed by atoms with Crippen molar-refractivity contribution in [3.8, 4) is 16.9 Å². The minimum Gasteiger partial charge on any atom is -0.506 e. The Labute approximate surface area is 135 Å². The van der Waals surface area contributed by atoms with Crippen LogP contribution in [0, 0.1) is 0 Å². The van der Waals surface area contributed by atoms with Crippen LogP contribution in [-0.2, 0) is 10.0 Å². The summed E-state index contributed by atoms with van der Waals surface area (Å²) in [6.45, 7) is 1.16. The van der Waals surface area contributed by atoms with Crippen molar-refractivity contribution in [3.05, 3.63) is 47.5 Å². The van der Waals surface area contributed by atoms with Crippen molar-refractivity contribution in [2.75, 3.05) is 13.1 Å². The van der Waals surface area contributed by atoms with Gasteiger partial charge in [0, 0.05) is 13.1 Å². The second-order valence-corrected chi connectivity index (χ2v) is 7.65. The lowest BCUT2D eigenvalue weighted by Crippen LogP contribution is -2.27. The van der Waals surface area contributed by atoms with Gasteiger partial charge in [0.25, 0.3) is 0 Å². The molecule has 22 heavy (non-hydrogen) atoms. The molecule has 1 saturated heterocycles. The summed E-state index contributed by atoms with van der Waals surface area (Å²) >= 11 is 5.92. The SMILES string of the molecule is O=S(=O)(c1cccc(-c2ccc(O)c(Cl)c2)c1)N1CCCC1. The Morgan fingerprint density at radius 1 is 1.00 bits per heavy atom. The zero-order valence-electron chi connectivity index (χ0n) is 11.9. The average molecular weight is 338 g/mol. The summed E-state index contributed by atoms with van der Waals surface area (Å²) in [6, 6.07) is 11.6. The third-order valence-corrected chi connectivity index (χ3v) is 6.02. The molecule has 0 amide bonds. The van der Waals surface area contributed by atoms with E-state index in [0.29, 0.717) is 13.1 Å². The van der Waals surface area contributed by atoms with Crippen LogP contribution in [0.25, 0.3) is 11.1 Å². The molecule has 0 bridgehead atoms. The zero-order valence-corrected chi connectivity index (χ0v) is 13.4. The zero-order chi connectivity index (χ0) is 15.7. The number of benzene rings is 2. The van der Waals surface area contributed by atoms with Gasteiger partial charge in [-0.25, -0.2) is 8.42 Å². The smallest absolute Gasteiger partial charge is 0.243 e. The van der Waals surface area contributed by atoms with E-state index >= 15 is 0 Å². The summed E-state index contributed by atoms with van der Waals surface area (Å²) in [4.78, 5) is 0.288. The molecule has 116 valence electrons. The fourth-order valence-corrected chi connectivity index (χ4v) is 4.34. The monoisotopic (exact) mass is 337 g/mol. The van der Waals surface area contributed by atoms with Gasteiger partial charge < -0.3 is 5.11 Å². The van der Waals surface area contributed by atoms with Gasteiger partial charge in [-0.2, -0.15) is 4.31 Å². The standard InChI is InChI=1S/C16H16ClNO3S/c17-15-11-13(6-7-16(15)19)12-4-3-5-14(10-12)22(20,21)18-8-1-2-9-18/h3-7,10-11,19H,1-2,8-9H2. The van der Waals surface area contributed by atoms with Crippen molar-refractivity contribution in [2.24, 2.45) is 0 Å². The molecule has 3 rings (SSSR count). The van der Waals surface area contributed by atoms with Crippen LogP contribution in [0.4, 0.5) is 0 Å². The van der Waals surface area contributed by atoms with Gasteiger partial charge in [-0.15, -0.1) is 0 Å². The minimum atomic E-state index is -3.44. The molecule has 2 aromatic rings. The topological polar surface area (TPSA) is 57.6 Å². The van der Waals surface area contributed by atoms with Crippen molar-refractivity contribution in [2.45, 2.75) is 17.7 Å². The van der Waals surface area contributed by atoms with E-state index in [0.717, 1.165) is 24.0 Å². The van der Waals surface area contributed by atoms with E-state index in [1.807, 2.05) is 6.07 Å². The molecule has 1 heterocycles. The minimum absolute atomic E-state index is 0.00580. The highest BCUT2D eigenvalue weighted by atomic mass is 35.5. The van der Waals surface area contributed by atoms with Crippen molar-refractivity contribution >= 4 is 21.6 Å². The van der Waals surface area contributed by atoms with Crippen LogP contribution in [-0.4, -0.2) is 30.9 Å². The van der Waals surface area contributed by atoms with Gasteiger partial charge in [-0.3, -0.25) is 0 Å². The number of sulfonamides is 1. The maximum Gasteiger partial charge on any atom is 0.243 e. The normalized spacial score (nSPS) is 16.0. The number of hydrogen-bond acceptors (Lipinski definition) is 3. The molecule has 0 radical (unpaired) electrons. The van der Waals surface area contributed by atoms with E-state index in [9.17, 15) is 13.5 Å². The summed E-state index contributed by atoms with van der Waals surface area (Å²) in [5.41, 5.74) is 1.52. The van der Waals surface area contributed by atoms with Gasteiger partial charge in [0.15, 0.2) is 0 Å². The summed E-state index contributed by atoms with van der Waals surface area (Å²) < 4.78 is 26.7. The Balaban J connectivity index is 2.00. The first-order valence-electron chi connectivity index (χ1n) is 7.07. The average Bonchev–Trinajstić information content (AvgIpc) is 3.05. The molecule has 2 aromatic carbocycles. The summed E-state index contributed by atoms with van der Waals surface area (Å²) in [6.07, 6.45) is 1.82. The number of halogens is 1. The Bertz CT molecular complexity index is 799. The maximum atomic E-state index is 12.6. The largest absolute Gasteiger partial charge is 0.506 e. The van der Waals surface area contributed by atoms with Gasteiger partial charge >= 0.3 is 0 Å². The lowest BCUT2D eigenvalue weighted by atomic mass is 10.1. The van der Waals surface area contributed by atoms with Crippen molar-refractivity contribution in [3.63, 3.8) is 0 Å². The van der Waals surface area contributed by atoms with Crippen LogP contribution < -0.4 is 0 Å². The molecule has 1 aliphatic heterocycles. The van der Waals surface area contributed by atoms with Crippen LogP contribution in [0.2, 0.25) is 5.02 Å². The molecular formula is C16H16ClNO3S. The highest BCUT2D eigenvalue weighted by Crippen LogP contribution is 2.31. The van der Waals surface area contributed by atoms with Gasteiger partial charge in [0.2, 0.25) is 10.0 Å². The molecular weight excluding hydrogens is 322 g/mol. The number of aromatic hydroxyl groups is 1. The fraction of sp³-hybridized carbons (Fsp3) is 0.250. The van der Waals surface area contributed by atoms with Crippen LogP contribution in [0.3, 0.4) is 0 Å². The molecule has 1 N–H and O–H groups in total. The summed E-state index contributed by atoms with van der Waals surface area (Å²) in [5.74, 6) is 0.00580. The predicted octanol–water partition coefficient (Wildman–Crippen LogP) is 3.50. The van der Waals surface area contributed by atoms with E-state index in [4.69, 9.17) is 11.6 Å². The number of rotatable bonds is 3. The number of phenolic OH excluding ortho intramolecular Hbond substituents is 1. The van der Waals surface area contributed by atoms with Gasteiger partial charge in [0.1, 0.15) is 5.75 Å². The highest BCUT2D eigenvalue weighted by molar-refractivity contribution is 7.89. The first kappa shape index (κ1) is 15.3. The van der Waals surface area contributed by atoms with Crippen LogP contribution >= 0.6 is 11.6 Å². The molecule has 1 fully saturated rings. The molecule has 0 unspecified atom stereocenters. The van der Waals surface area contributed by atoms with Gasteiger partial charge in [-0.1, -0.05) is 29.8 Å². The lowest BCUT2D eigenvalue weighted by Gasteiger charge is -2.16. The first-order valence-corrected chi connectivity index (χ1v) is 8.89. The third-order valence-electron chi connectivity index (χ3n) is 3.82. The van der Waals surface area contributed by atoms with Gasteiger partial charge in [0.05, 0.1) is 9.92 Å². The van der Waals surface area contributed by atoms with Crippen molar-refractivity contribution in [1.29, 1.82) is 0 Å². The third kappa shape index (κ3) is 2.84. The fourth-order valence-electron chi connectivity index (χ4n) is 2.60. The lowest BCUT2D eigenvalue weighted by molar-refractivity contribution is 0.475. The molecule has 0 saturated carbocycles. The Hall–Kier alpha value is -1.56. The van der Waals surface area contributed by atoms with E-state index in [-0.39, 0.29) is 15.7 Å². The highest BCUT2D eigenvalue weighted by Gasteiger charge is 2.27. The summed E-state index contributed by atoms with van der Waals surface area (Å²) in [5, 5.41) is 9.72. The predicted molar refractivity (Wildman–Crippen MR) is 86.5 cm³/mol. The molecule has 0 aromatic heterocycles. The Kier molecular flexibility index (Phi) is 4.12.